The summed E-state index contributed by atoms with van der Waals surface area (Å²) in [6.07, 6.45) is 21.7. The molecule has 4 rings (SSSR count). The zero-order valence-electron chi connectivity index (χ0n) is 15.5. The van der Waals surface area contributed by atoms with E-state index in [1.165, 1.54) is 96.3 Å². The molecule has 3 aliphatic carbocycles. The molecule has 0 atom stereocenters. The smallest absolute Gasteiger partial charge is 0.0156 e. The lowest BCUT2D eigenvalue weighted by atomic mass is 9.71. The van der Waals surface area contributed by atoms with Crippen molar-refractivity contribution < 1.29 is 0 Å². The maximum Gasteiger partial charge on any atom is -0.0156 e. The van der Waals surface area contributed by atoms with Crippen LogP contribution in [0.15, 0.2) is 12.1 Å². The first-order chi connectivity index (χ1) is 11.9. The maximum absolute atomic E-state index is 3.60. The van der Waals surface area contributed by atoms with E-state index in [2.05, 4.69) is 18.2 Å². The van der Waals surface area contributed by atoms with Gasteiger partial charge in [-0.1, -0.05) is 69.9 Å². The molecule has 0 heterocycles. The summed E-state index contributed by atoms with van der Waals surface area (Å²) in [5.74, 6) is 2.55. The standard InChI is InChI=1S/C24H35/c1-4-11-19(12-5-1)22-17-10-18-23(20-13-6-2-7-14-20)24(22)21-15-8-3-9-16-21/h17-21H,1-9,11-16H2. The Morgan fingerprint density at radius 1 is 0.500 bits per heavy atom. The molecule has 1 radical (unpaired) electrons. The molecule has 0 bridgehead atoms. The van der Waals surface area contributed by atoms with Crippen LogP contribution in [-0.2, 0) is 0 Å². The molecule has 24 heavy (non-hydrogen) atoms. The molecule has 1 aromatic carbocycles. The van der Waals surface area contributed by atoms with Gasteiger partial charge in [-0.2, -0.15) is 0 Å². The average molecular weight is 324 g/mol. The highest BCUT2D eigenvalue weighted by Gasteiger charge is 2.29. The van der Waals surface area contributed by atoms with Crippen molar-refractivity contribution in [3.63, 3.8) is 0 Å². The third-order valence-corrected chi connectivity index (χ3v) is 7.20. The molecule has 0 nitrogen and oxygen atoms in total. The molecule has 0 amide bonds. The summed E-state index contributed by atoms with van der Waals surface area (Å²) in [5.41, 5.74) is 5.32. The Kier molecular flexibility index (Phi) is 5.60. The van der Waals surface area contributed by atoms with Crippen LogP contribution < -0.4 is 0 Å². The van der Waals surface area contributed by atoms with Crippen molar-refractivity contribution in [1.29, 1.82) is 0 Å². The molecule has 0 unspecified atom stereocenters. The maximum atomic E-state index is 3.60. The molecule has 0 N–H and O–H groups in total. The van der Waals surface area contributed by atoms with E-state index in [4.69, 9.17) is 0 Å². The van der Waals surface area contributed by atoms with Gasteiger partial charge in [0.2, 0.25) is 0 Å². The molecule has 3 fully saturated rings. The SMILES string of the molecule is [c]1cc(C2CCCCC2)c(C2CCCCC2)c(C2CCCCC2)c1. The summed E-state index contributed by atoms with van der Waals surface area (Å²) in [6.45, 7) is 0. The first-order valence-electron chi connectivity index (χ1n) is 11.0. The van der Waals surface area contributed by atoms with Gasteiger partial charge < -0.3 is 0 Å². The van der Waals surface area contributed by atoms with E-state index in [1.807, 2.05) is 5.56 Å². The van der Waals surface area contributed by atoms with Gasteiger partial charge >= 0.3 is 0 Å². The third kappa shape index (κ3) is 3.58. The lowest BCUT2D eigenvalue weighted by molar-refractivity contribution is 0.404. The first kappa shape index (κ1) is 16.7. The molecular formula is C24H35. The van der Waals surface area contributed by atoms with Crippen molar-refractivity contribution in [2.24, 2.45) is 0 Å². The van der Waals surface area contributed by atoms with Crippen LogP contribution in [0.5, 0.6) is 0 Å². The molecule has 1 aromatic rings. The van der Waals surface area contributed by atoms with Crippen LogP contribution in [0, 0.1) is 6.07 Å². The van der Waals surface area contributed by atoms with Crippen LogP contribution in [0.25, 0.3) is 0 Å². The lowest BCUT2D eigenvalue weighted by Gasteiger charge is -2.34. The average Bonchev–Trinajstić information content (AvgIpc) is 2.69. The van der Waals surface area contributed by atoms with Crippen LogP contribution in [0.3, 0.4) is 0 Å². The Bertz CT molecular complexity index is 475. The monoisotopic (exact) mass is 323 g/mol. The first-order valence-corrected chi connectivity index (χ1v) is 11.0. The largest absolute Gasteiger partial charge is 0.0533 e. The Balaban J connectivity index is 1.71. The van der Waals surface area contributed by atoms with Gasteiger partial charge in [-0.05, 0) is 79.0 Å². The molecule has 3 aliphatic rings. The van der Waals surface area contributed by atoms with Crippen LogP contribution in [-0.4, -0.2) is 0 Å². The summed E-state index contributed by atoms with van der Waals surface area (Å²) < 4.78 is 0. The van der Waals surface area contributed by atoms with E-state index in [9.17, 15) is 0 Å². The van der Waals surface area contributed by atoms with Crippen molar-refractivity contribution in [3.05, 3.63) is 34.9 Å². The van der Waals surface area contributed by atoms with Gasteiger partial charge in [0.1, 0.15) is 0 Å². The van der Waals surface area contributed by atoms with Gasteiger partial charge in [-0.15, -0.1) is 0 Å². The van der Waals surface area contributed by atoms with E-state index in [-0.39, 0.29) is 0 Å². The van der Waals surface area contributed by atoms with Crippen LogP contribution in [0.4, 0.5) is 0 Å². The van der Waals surface area contributed by atoms with E-state index in [0.29, 0.717) is 0 Å². The minimum atomic E-state index is 0.843. The van der Waals surface area contributed by atoms with E-state index in [0.717, 1.165) is 17.8 Å². The van der Waals surface area contributed by atoms with Gasteiger partial charge in [0.25, 0.3) is 0 Å². The fourth-order valence-electron chi connectivity index (χ4n) is 5.91. The molecule has 0 saturated heterocycles. The molecule has 0 aliphatic heterocycles. The summed E-state index contributed by atoms with van der Waals surface area (Å²) in [4.78, 5) is 0. The second-order valence-corrected chi connectivity index (χ2v) is 8.78. The van der Waals surface area contributed by atoms with Crippen molar-refractivity contribution in [2.75, 3.05) is 0 Å². The van der Waals surface area contributed by atoms with Crippen molar-refractivity contribution in [3.8, 4) is 0 Å². The van der Waals surface area contributed by atoms with E-state index in [1.54, 1.807) is 11.1 Å². The van der Waals surface area contributed by atoms with Gasteiger partial charge in [0.05, 0.1) is 0 Å². The van der Waals surface area contributed by atoms with E-state index < -0.39 is 0 Å². The Morgan fingerprint density at radius 3 is 1.29 bits per heavy atom. The second-order valence-electron chi connectivity index (χ2n) is 8.78. The van der Waals surface area contributed by atoms with Crippen molar-refractivity contribution in [1.82, 2.24) is 0 Å². The zero-order chi connectivity index (χ0) is 16.2. The lowest BCUT2D eigenvalue weighted by Crippen LogP contribution is -2.17. The van der Waals surface area contributed by atoms with Crippen LogP contribution >= 0.6 is 0 Å². The van der Waals surface area contributed by atoms with Crippen LogP contribution in [0.1, 0.15) is 131 Å². The zero-order valence-corrected chi connectivity index (χ0v) is 15.5. The number of benzene rings is 1. The molecule has 0 heteroatoms. The Hall–Kier alpha value is -0.780. The second kappa shape index (κ2) is 8.07. The highest BCUT2D eigenvalue weighted by atomic mass is 14.3. The summed E-state index contributed by atoms with van der Waals surface area (Å²) in [5, 5.41) is 0. The molecule has 3 saturated carbocycles. The Labute approximate surface area is 149 Å². The van der Waals surface area contributed by atoms with Crippen molar-refractivity contribution in [2.45, 2.75) is 114 Å². The summed E-state index contributed by atoms with van der Waals surface area (Å²) in [6, 6.07) is 8.42. The highest BCUT2D eigenvalue weighted by Crippen LogP contribution is 2.46. The van der Waals surface area contributed by atoms with E-state index >= 15 is 0 Å². The quantitative estimate of drug-likeness (QED) is 0.536. The van der Waals surface area contributed by atoms with Crippen LogP contribution in [0.2, 0.25) is 0 Å². The molecule has 0 aromatic heterocycles. The number of hydrogen-bond acceptors (Lipinski definition) is 0. The predicted octanol–water partition coefficient (Wildman–Crippen LogP) is 7.63. The summed E-state index contributed by atoms with van der Waals surface area (Å²) in [7, 11) is 0. The summed E-state index contributed by atoms with van der Waals surface area (Å²) >= 11 is 0. The van der Waals surface area contributed by atoms with Gasteiger partial charge in [-0.25, -0.2) is 0 Å². The third-order valence-electron chi connectivity index (χ3n) is 7.20. The predicted molar refractivity (Wildman–Crippen MR) is 103 cm³/mol. The fourth-order valence-corrected chi connectivity index (χ4v) is 5.91. The van der Waals surface area contributed by atoms with Gasteiger partial charge in [-0.3, -0.25) is 0 Å². The van der Waals surface area contributed by atoms with Gasteiger partial charge in [0.15, 0.2) is 0 Å². The fraction of sp³-hybridized carbons (Fsp3) is 0.750. The minimum absolute atomic E-state index is 0.843. The normalized spacial score (nSPS) is 25.0. The molecule has 131 valence electrons. The topological polar surface area (TPSA) is 0 Å². The minimum Gasteiger partial charge on any atom is -0.0533 e. The van der Waals surface area contributed by atoms with Crippen molar-refractivity contribution >= 4 is 0 Å². The number of rotatable bonds is 3. The molecule has 0 spiro atoms. The van der Waals surface area contributed by atoms with Gasteiger partial charge in [0, 0.05) is 0 Å². The molecular weight excluding hydrogens is 288 g/mol. The highest BCUT2D eigenvalue weighted by molar-refractivity contribution is 5.42. The Morgan fingerprint density at radius 2 is 0.875 bits per heavy atom. The number of hydrogen-bond donors (Lipinski definition) is 0.